The van der Waals surface area contributed by atoms with Crippen molar-refractivity contribution in [1.29, 1.82) is 0 Å². The van der Waals surface area contributed by atoms with Gasteiger partial charge in [-0.3, -0.25) is 4.79 Å². The number of hydrogen-bond acceptors (Lipinski definition) is 3. The molecular formula is C22H21N3OS. The molecule has 0 aliphatic heterocycles. The highest BCUT2D eigenvalue weighted by Gasteiger charge is 2.16. The number of aryl methyl sites for hydroxylation is 1. The first-order chi connectivity index (χ1) is 13.3. The van der Waals surface area contributed by atoms with E-state index in [1.807, 2.05) is 60.7 Å². The van der Waals surface area contributed by atoms with Gasteiger partial charge in [0.2, 0.25) is 0 Å². The van der Waals surface area contributed by atoms with Crippen LogP contribution in [0.4, 0.5) is 0 Å². The second-order valence-corrected chi connectivity index (χ2v) is 7.49. The molecule has 0 saturated heterocycles. The fourth-order valence-corrected chi connectivity index (χ4v) is 4.08. The molecule has 27 heavy (non-hydrogen) atoms. The molecule has 0 aliphatic carbocycles. The van der Waals surface area contributed by atoms with E-state index in [0.717, 1.165) is 40.3 Å². The maximum absolute atomic E-state index is 12.5. The first kappa shape index (κ1) is 17.5. The average molecular weight is 375 g/mol. The lowest BCUT2D eigenvalue weighted by Crippen LogP contribution is -2.21. The zero-order chi connectivity index (χ0) is 18.6. The van der Waals surface area contributed by atoms with Crippen molar-refractivity contribution in [1.82, 2.24) is 14.9 Å². The van der Waals surface area contributed by atoms with Crippen LogP contribution < -0.4 is 5.32 Å². The number of carbonyl (C=O) groups excluding carboxylic acids is 1. The molecule has 4 aromatic rings. The lowest BCUT2D eigenvalue weighted by Gasteiger charge is -2.06. The molecule has 4 nitrogen and oxygen atoms in total. The lowest BCUT2D eigenvalue weighted by molar-refractivity contribution is 0.0955. The second kappa shape index (κ2) is 7.76. The number of fused-ring (bicyclic) bond motifs is 1. The molecule has 2 aromatic heterocycles. The largest absolute Gasteiger partial charge is 0.347 e. The van der Waals surface area contributed by atoms with Gasteiger partial charge in [0.05, 0.1) is 20.8 Å². The summed E-state index contributed by atoms with van der Waals surface area (Å²) in [5.41, 5.74) is 3.22. The van der Waals surface area contributed by atoms with Crippen molar-refractivity contribution in [3.05, 3.63) is 77.2 Å². The molecule has 0 aliphatic rings. The molecule has 1 amide bonds. The number of carbonyl (C=O) groups is 1. The summed E-state index contributed by atoms with van der Waals surface area (Å²) in [6, 6.07) is 22.0. The van der Waals surface area contributed by atoms with Crippen molar-refractivity contribution in [2.75, 3.05) is 0 Å². The number of rotatable bonds is 6. The van der Waals surface area contributed by atoms with Gasteiger partial charge in [0.15, 0.2) is 5.82 Å². The SMILES string of the molecule is CCCn1c(-c2ccc(C(=O)NCc3ccccc3)s2)nc2ccccc21. The van der Waals surface area contributed by atoms with Gasteiger partial charge in [-0.05, 0) is 36.2 Å². The van der Waals surface area contributed by atoms with Crippen molar-refractivity contribution < 1.29 is 4.79 Å². The maximum Gasteiger partial charge on any atom is 0.261 e. The average Bonchev–Trinajstić information content (AvgIpc) is 3.33. The number of amides is 1. The van der Waals surface area contributed by atoms with Crippen molar-refractivity contribution in [2.24, 2.45) is 0 Å². The highest BCUT2D eigenvalue weighted by atomic mass is 32.1. The third-order valence-corrected chi connectivity index (χ3v) is 5.53. The van der Waals surface area contributed by atoms with E-state index in [-0.39, 0.29) is 5.91 Å². The van der Waals surface area contributed by atoms with Gasteiger partial charge in [-0.25, -0.2) is 4.98 Å². The topological polar surface area (TPSA) is 46.9 Å². The number of aromatic nitrogens is 2. The molecule has 136 valence electrons. The molecule has 0 spiro atoms. The Hall–Kier alpha value is -2.92. The zero-order valence-corrected chi connectivity index (χ0v) is 16.0. The van der Waals surface area contributed by atoms with Crippen LogP contribution in [0, 0.1) is 0 Å². The van der Waals surface area contributed by atoms with E-state index in [4.69, 9.17) is 4.98 Å². The molecule has 0 saturated carbocycles. The third kappa shape index (κ3) is 3.64. The van der Waals surface area contributed by atoms with Crippen molar-refractivity contribution in [3.63, 3.8) is 0 Å². The minimum absolute atomic E-state index is 0.0479. The summed E-state index contributed by atoms with van der Waals surface area (Å²) in [6.07, 6.45) is 1.03. The molecule has 2 aromatic carbocycles. The Morgan fingerprint density at radius 3 is 2.63 bits per heavy atom. The molecule has 0 fully saturated rings. The molecular weight excluding hydrogens is 354 g/mol. The van der Waals surface area contributed by atoms with Gasteiger partial charge in [0, 0.05) is 13.1 Å². The summed E-state index contributed by atoms with van der Waals surface area (Å²) in [7, 11) is 0. The minimum Gasteiger partial charge on any atom is -0.347 e. The molecule has 0 bridgehead atoms. The van der Waals surface area contributed by atoms with E-state index >= 15 is 0 Å². The lowest BCUT2D eigenvalue weighted by atomic mass is 10.2. The standard InChI is InChI=1S/C22H21N3OS/c1-2-14-25-18-11-7-6-10-17(18)24-21(25)19-12-13-20(27-19)22(26)23-15-16-8-4-3-5-9-16/h3-13H,2,14-15H2,1H3,(H,23,26). The maximum atomic E-state index is 12.5. The van der Waals surface area contributed by atoms with Crippen LogP contribution >= 0.6 is 11.3 Å². The number of benzene rings is 2. The molecule has 1 N–H and O–H groups in total. The highest BCUT2D eigenvalue weighted by Crippen LogP contribution is 2.30. The van der Waals surface area contributed by atoms with Crippen molar-refractivity contribution in [3.8, 4) is 10.7 Å². The van der Waals surface area contributed by atoms with Crippen LogP contribution in [0.25, 0.3) is 21.7 Å². The smallest absolute Gasteiger partial charge is 0.261 e. The predicted octanol–water partition coefficient (Wildman–Crippen LogP) is 5.10. The summed E-state index contributed by atoms with van der Waals surface area (Å²) in [5.74, 6) is 0.887. The third-order valence-electron chi connectivity index (χ3n) is 4.45. The fraction of sp³-hybridized carbons (Fsp3) is 0.182. The molecule has 0 unspecified atom stereocenters. The Balaban J connectivity index is 1.58. The van der Waals surface area contributed by atoms with E-state index in [9.17, 15) is 4.79 Å². The van der Waals surface area contributed by atoms with Crippen LogP contribution in [0.15, 0.2) is 66.7 Å². The summed E-state index contributed by atoms with van der Waals surface area (Å²) in [6.45, 7) is 3.60. The van der Waals surface area contributed by atoms with Gasteiger partial charge < -0.3 is 9.88 Å². The first-order valence-electron chi connectivity index (χ1n) is 9.14. The molecule has 4 rings (SSSR count). The number of thiophene rings is 1. The Morgan fingerprint density at radius 2 is 1.81 bits per heavy atom. The highest BCUT2D eigenvalue weighted by molar-refractivity contribution is 7.17. The van der Waals surface area contributed by atoms with Crippen LogP contribution in [0.1, 0.15) is 28.6 Å². The minimum atomic E-state index is -0.0479. The van der Waals surface area contributed by atoms with Gasteiger partial charge in [0.25, 0.3) is 5.91 Å². The van der Waals surface area contributed by atoms with E-state index in [1.54, 1.807) is 0 Å². The predicted molar refractivity (Wildman–Crippen MR) is 111 cm³/mol. The van der Waals surface area contributed by atoms with Gasteiger partial charge in [0.1, 0.15) is 0 Å². The fourth-order valence-electron chi connectivity index (χ4n) is 3.16. The monoisotopic (exact) mass is 375 g/mol. The van der Waals surface area contributed by atoms with Crippen LogP contribution in [0.2, 0.25) is 0 Å². The van der Waals surface area contributed by atoms with Gasteiger partial charge in [-0.1, -0.05) is 49.4 Å². The molecule has 5 heteroatoms. The summed E-state index contributed by atoms with van der Waals surface area (Å²) >= 11 is 1.49. The van der Waals surface area contributed by atoms with Crippen molar-refractivity contribution in [2.45, 2.75) is 26.4 Å². The number of para-hydroxylation sites is 2. The summed E-state index contributed by atoms with van der Waals surface area (Å²) < 4.78 is 2.24. The van der Waals surface area contributed by atoms with E-state index in [0.29, 0.717) is 11.4 Å². The van der Waals surface area contributed by atoms with Crippen LogP contribution in [0.5, 0.6) is 0 Å². The second-order valence-electron chi connectivity index (χ2n) is 6.41. The first-order valence-corrected chi connectivity index (χ1v) is 9.95. The van der Waals surface area contributed by atoms with E-state index in [1.165, 1.54) is 11.3 Å². The van der Waals surface area contributed by atoms with Crippen molar-refractivity contribution >= 4 is 28.3 Å². The number of nitrogens with zero attached hydrogens (tertiary/aromatic N) is 2. The normalized spacial score (nSPS) is 11.0. The van der Waals surface area contributed by atoms with E-state index in [2.05, 4.69) is 22.9 Å². The summed E-state index contributed by atoms with van der Waals surface area (Å²) in [4.78, 5) is 19.0. The Bertz CT molecular complexity index is 1070. The quantitative estimate of drug-likeness (QED) is 0.509. The molecule has 0 atom stereocenters. The van der Waals surface area contributed by atoms with Crippen LogP contribution in [-0.4, -0.2) is 15.5 Å². The number of imidazole rings is 1. The van der Waals surface area contributed by atoms with Crippen LogP contribution in [-0.2, 0) is 13.1 Å². The molecule has 0 radical (unpaired) electrons. The Morgan fingerprint density at radius 1 is 1.04 bits per heavy atom. The number of nitrogens with one attached hydrogen (secondary N) is 1. The van der Waals surface area contributed by atoms with Gasteiger partial charge in [-0.2, -0.15) is 0 Å². The van der Waals surface area contributed by atoms with Gasteiger partial charge >= 0.3 is 0 Å². The van der Waals surface area contributed by atoms with E-state index < -0.39 is 0 Å². The zero-order valence-electron chi connectivity index (χ0n) is 15.2. The Labute approximate surface area is 162 Å². The van der Waals surface area contributed by atoms with Crippen LogP contribution in [0.3, 0.4) is 0 Å². The number of hydrogen-bond donors (Lipinski definition) is 1. The molecule has 2 heterocycles. The van der Waals surface area contributed by atoms with Gasteiger partial charge in [-0.15, -0.1) is 11.3 Å². The summed E-state index contributed by atoms with van der Waals surface area (Å²) in [5, 5.41) is 2.99. The Kier molecular flexibility index (Phi) is 5.03.